The van der Waals surface area contributed by atoms with Crippen LogP contribution in [-0.2, 0) is 5.41 Å². The molecule has 1 fully saturated rings. The van der Waals surface area contributed by atoms with E-state index in [9.17, 15) is 10.1 Å². The van der Waals surface area contributed by atoms with Crippen LogP contribution in [0, 0.1) is 23.0 Å². The van der Waals surface area contributed by atoms with Crippen LogP contribution in [0.25, 0.3) is 0 Å². The monoisotopic (exact) mass is 274 g/mol. The first-order valence-corrected chi connectivity index (χ1v) is 7.00. The minimum atomic E-state index is -0.265. The van der Waals surface area contributed by atoms with Crippen molar-refractivity contribution in [1.29, 1.82) is 0 Å². The highest BCUT2D eigenvalue weighted by atomic mass is 16.6. The van der Waals surface area contributed by atoms with Gasteiger partial charge in [0.2, 0.25) is 5.70 Å². The number of allylic oxidation sites excluding steroid dienone is 4. The standard InChI is InChI=1S/C15H18N2O3/c1-10-7-15(8-10,14-11(2)9-20-16-14)12-4-3-5-13(6-12)17(18)19/h4,6,9-10H,3,5,7-8H2,1-2H3. The van der Waals surface area contributed by atoms with Crippen molar-refractivity contribution < 1.29 is 9.45 Å². The Hall–Kier alpha value is -1.91. The van der Waals surface area contributed by atoms with Crippen molar-refractivity contribution in [3.05, 3.63) is 51.1 Å². The predicted molar refractivity (Wildman–Crippen MR) is 73.7 cm³/mol. The molecule has 0 atom stereocenters. The lowest BCUT2D eigenvalue weighted by Crippen LogP contribution is -2.42. The van der Waals surface area contributed by atoms with Gasteiger partial charge in [-0.1, -0.05) is 18.2 Å². The molecule has 0 aromatic carbocycles. The summed E-state index contributed by atoms with van der Waals surface area (Å²) >= 11 is 0. The van der Waals surface area contributed by atoms with Crippen molar-refractivity contribution in [2.24, 2.45) is 5.92 Å². The molecule has 106 valence electrons. The lowest BCUT2D eigenvalue weighted by molar-refractivity contribution is -0.428. The number of hydrogen-bond acceptors (Lipinski definition) is 4. The number of nitro groups is 1. The van der Waals surface area contributed by atoms with Gasteiger partial charge in [0.15, 0.2) is 0 Å². The average molecular weight is 274 g/mol. The summed E-state index contributed by atoms with van der Waals surface area (Å²) in [5, 5.41) is 15.2. The van der Waals surface area contributed by atoms with E-state index in [-0.39, 0.29) is 10.3 Å². The van der Waals surface area contributed by atoms with Gasteiger partial charge in [-0.2, -0.15) is 0 Å². The van der Waals surface area contributed by atoms with Crippen LogP contribution < -0.4 is 0 Å². The van der Waals surface area contributed by atoms with Crippen LogP contribution in [0.5, 0.6) is 0 Å². The molecule has 5 heteroatoms. The Morgan fingerprint density at radius 3 is 2.80 bits per heavy atom. The third-order valence-corrected chi connectivity index (χ3v) is 4.47. The molecule has 2 aliphatic rings. The molecular formula is C15H18N2O3. The van der Waals surface area contributed by atoms with E-state index >= 15 is 0 Å². The number of aromatic nitrogens is 1. The van der Waals surface area contributed by atoms with E-state index in [1.54, 1.807) is 12.3 Å². The third kappa shape index (κ3) is 1.88. The van der Waals surface area contributed by atoms with Crippen molar-refractivity contribution >= 4 is 0 Å². The number of hydrogen-bond donors (Lipinski definition) is 0. The zero-order chi connectivity index (χ0) is 14.3. The molecule has 0 amide bonds. The Morgan fingerprint density at radius 1 is 1.50 bits per heavy atom. The normalized spacial score (nSPS) is 29.4. The van der Waals surface area contributed by atoms with Gasteiger partial charge < -0.3 is 4.52 Å². The molecule has 0 radical (unpaired) electrons. The highest BCUT2D eigenvalue weighted by Crippen LogP contribution is 2.54. The van der Waals surface area contributed by atoms with E-state index in [1.807, 2.05) is 6.92 Å². The van der Waals surface area contributed by atoms with E-state index in [0.29, 0.717) is 18.0 Å². The minimum Gasteiger partial charge on any atom is -0.364 e. The van der Waals surface area contributed by atoms with Crippen LogP contribution in [-0.4, -0.2) is 10.1 Å². The van der Waals surface area contributed by atoms with Gasteiger partial charge in [0.05, 0.1) is 10.6 Å². The molecule has 1 aromatic rings. The van der Waals surface area contributed by atoms with Crippen LogP contribution in [0.4, 0.5) is 0 Å². The van der Waals surface area contributed by atoms with E-state index in [1.165, 1.54) is 0 Å². The van der Waals surface area contributed by atoms with Gasteiger partial charge in [0.25, 0.3) is 0 Å². The molecule has 0 unspecified atom stereocenters. The number of nitrogens with zero attached hydrogens (tertiary/aromatic N) is 2. The van der Waals surface area contributed by atoms with Crippen molar-refractivity contribution in [3.63, 3.8) is 0 Å². The van der Waals surface area contributed by atoms with Crippen molar-refractivity contribution in [1.82, 2.24) is 5.16 Å². The maximum atomic E-state index is 11.0. The second-order valence-corrected chi connectivity index (χ2v) is 6.03. The van der Waals surface area contributed by atoms with Crippen LogP contribution in [0.3, 0.4) is 0 Å². The van der Waals surface area contributed by atoms with Crippen molar-refractivity contribution in [3.8, 4) is 0 Å². The summed E-state index contributed by atoms with van der Waals surface area (Å²) in [6, 6.07) is 0. The molecule has 1 aromatic heterocycles. The lowest BCUT2D eigenvalue weighted by atomic mass is 9.56. The fourth-order valence-electron chi connectivity index (χ4n) is 3.61. The Labute approximate surface area is 117 Å². The Morgan fingerprint density at radius 2 is 2.25 bits per heavy atom. The molecule has 0 bridgehead atoms. The summed E-state index contributed by atoms with van der Waals surface area (Å²) in [4.78, 5) is 10.8. The van der Waals surface area contributed by atoms with Gasteiger partial charge in [-0.05, 0) is 37.7 Å². The molecular weight excluding hydrogens is 256 g/mol. The summed E-state index contributed by atoms with van der Waals surface area (Å²) in [7, 11) is 0. The van der Waals surface area contributed by atoms with Gasteiger partial charge in [0, 0.05) is 23.5 Å². The molecule has 5 nitrogen and oxygen atoms in total. The van der Waals surface area contributed by atoms with Crippen LogP contribution in [0.1, 0.15) is 43.9 Å². The molecule has 3 rings (SSSR count). The highest BCUT2D eigenvalue weighted by Gasteiger charge is 2.49. The minimum absolute atomic E-state index is 0.182. The summed E-state index contributed by atoms with van der Waals surface area (Å²) in [5.41, 5.74) is 3.15. The summed E-state index contributed by atoms with van der Waals surface area (Å²) in [5.74, 6) is 0.612. The van der Waals surface area contributed by atoms with Crippen LogP contribution in [0.2, 0.25) is 0 Å². The Balaban J connectivity index is 2.03. The topological polar surface area (TPSA) is 69.2 Å². The zero-order valence-corrected chi connectivity index (χ0v) is 11.8. The van der Waals surface area contributed by atoms with E-state index in [2.05, 4.69) is 18.2 Å². The first-order valence-electron chi connectivity index (χ1n) is 7.00. The summed E-state index contributed by atoms with van der Waals surface area (Å²) in [6.07, 6.45) is 8.74. The molecule has 1 heterocycles. The molecule has 0 N–H and O–H groups in total. The van der Waals surface area contributed by atoms with Gasteiger partial charge >= 0.3 is 0 Å². The van der Waals surface area contributed by atoms with Gasteiger partial charge in [0.1, 0.15) is 6.26 Å². The number of rotatable bonds is 3. The van der Waals surface area contributed by atoms with Crippen LogP contribution in [0.15, 0.2) is 34.2 Å². The van der Waals surface area contributed by atoms with Crippen LogP contribution >= 0.6 is 0 Å². The summed E-state index contributed by atoms with van der Waals surface area (Å²) in [6.45, 7) is 4.19. The Kier molecular flexibility index (Phi) is 3.00. The van der Waals surface area contributed by atoms with Gasteiger partial charge in [-0.3, -0.25) is 10.1 Å². The van der Waals surface area contributed by atoms with Crippen molar-refractivity contribution in [2.45, 2.75) is 44.9 Å². The lowest BCUT2D eigenvalue weighted by Gasteiger charge is -2.47. The first kappa shape index (κ1) is 13.1. The van der Waals surface area contributed by atoms with Crippen molar-refractivity contribution in [2.75, 3.05) is 0 Å². The largest absolute Gasteiger partial charge is 0.364 e. The quantitative estimate of drug-likeness (QED) is 0.624. The fourth-order valence-corrected chi connectivity index (χ4v) is 3.61. The SMILES string of the molecule is Cc1conc1C1(C2=CCCC([N+](=O)[O-])=C2)CC(C)C1. The first-order chi connectivity index (χ1) is 9.53. The highest BCUT2D eigenvalue weighted by molar-refractivity contribution is 5.45. The van der Waals surface area contributed by atoms with Gasteiger partial charge in [-0.25, -0.2) is 0 Å². The smallest absolute Gasteiger partial charge is 0.246 e. The Bertz CT molecular complexity index is 606. The van der Waals surface area contributed by atoms with E-state index < -0.39 is 0 Å². The molecule has 0 spiro atoms. The zero-order valence-electron chi connectivity index (χ0n) is 11.8. The van der Waals surface area contributed by atoms with Gasteiger partial charge in [-0.15, -0.1) is 0 Å². The third-order valence-electron chi connectivity index (χ3n) is 4.47. The molecule has 1 saturated carbocycles. The molecule has 20 heavy (non-hydrogen) atoms. The maximum Gasteiger partial charge on any atom is 0.246 e. The second kappa shape index (κ2) is 4.58. The van der Waals surface area contributed by atoms with E-state index in [4.69, 9.17) is 4.52 Å². The predicted octanol–water partition coefficient (Wildman–Crippen LogP) is 3.53. The molecule has 2 aliphatic carbocycles. The maximum absolute atomic E-state index is 11.0. The molecule has 0 saturated heterocycles. The average Bonchev–Trinajstić information content (AvgIpc) is 2.81. The molecule has 0 aliphatic heterocycles. The second-order valence-electron chi connectivity index (χ2n) is 6.03. The fraction of sp³-hybridized carbons (Fsp3) is 0.533. The summed E-state index contributed by atoms with van der Waals surface area (Å²) < 4.78 is 5.10. The number of aryl methyl sites for hydroxylation is 1. The van der Waals surface area contributed by atoms with E-state index in [0.717, 1.165) is 36.1 Å².